The van der Waals surface area contributed by atoms with Gasteiger partial charge in [0.1, 0.15) is 9.62 Å². The van der Waals surface area contributed by atoms with Crippen molar-refractivity contribution in [3.05, 3.63) is 50.8 Å². The van der Waals surface area contributed by atoms with Crippen molar-refractivity contribution in [1.82, 2.24) is 20.2 Å². The summed E-state index contributed by atoms with van der Waals surface area (Å²) in [5.74, 6) is 1.12. The van der Waals surface area contributed by atoms with Gasteiger partial charge in [-0.05, 0) is 30.3 Å². The van der Waals surface area contributed by atoms with Crippen molar-refractivity contribution in [2.75, 3.05) is 17.6 Å². The van der Waals surface area contributed by atoms with Crippen LogP contribution in [0.3, 0.4) is 0 Å². The van der Waals surface area contributed by atoms with E-state index in [2.05, 4.69) is 24.9 Å². The van der Waals surface area contributed by atoms with Crippen molar-refractivity contribution in [1.29, 1.82) is 0 Å². The Labute approximate surface area is 180 Å². The molecule has 0 fully saturated rings. The van der Waals surface area contributed by atoms with Crippen molar-refractivity contribution < 1.29 is 13.2 Å². The lowest BCUT2D eigenvalue weighted by molar-refractivity contribution is 0.403. The Bertz CT molecular complexity index is 1250. The van der Waals surface area contributed by atoms with Crippen LogP contribution in [0.5, 0.6) is 5.88 Å². The molecule has 3 heterocycles. The zero-order valence-corrected chi connectivity index (χ0v) is 18.0. The molecule has 0 atom stereocenters. The van der Waals surface area contributed by atoms with Gasteiger partial charge in [-0.15, -0.1) is 11.8 Å². The van der Waals surface area contributed by atoms with Crippen LogP contribution in [0.25, 0.3) is 22.4 Å². The normalized spacial score (nSPS) is 14.8. The van der Waals surface area contributed by atoms with Crippen molar-refractivity contribution >= 4 is 61.7 Å². The highest BCUT2D eigenvalue weighted by molar-refractivity contribution is 8.19. The predicted molar refractivity (Wildman–Crippen MR) is 115 cm³/mol. The standard InChI is InChI=1S/C17H13Cl2N5O3S2/c1-27-17-11-7-20-23-16(11)21-15(22-17)9-2-4-10(5-3-9)24-29(25,26)14-6-12(18)13(19)8-28-14/h2-7,24H,8H2,1H3,(H,20,21,22,23). The Morgan fingerprint density at radius 3 is 2.66 bits per heavy atom. The molecular weight excluding hydrogens is 457 g/mol. The molecule has 1 aromatic carbocycles. The zero-order chi connectivity index (χ0) is 20.6. The van der Waals surface area contributed by atoms with Gasteiger partial charge in [-0.2, -0.15) is 10.1 Å². The first kappa shape index (κ1) is 20.0. The molecule has 0 saturated carbocycles. The highest BCUT2D eigenvalue weighted by Gasteiger charge is 2.23. The fourth-order valence-electron chi connectivity index (χ4n) is 2.57. The summed E-state index contributed by atoms with van der Waals surface area (Å²) in [4.78, 5) is 8.79. The highest BCUT2D eigenvalue weighted by atomic mass is 35.5. The topological polar surface area (TPSA) is 110 Å². The number of thioether (sulfide) groups is 1. The highest BCUT2D eigenvalue weighted by Crippen LogP contribution is 2.35. The van der Waals surface area contributed by atoms with Gasteiger partial charge in [0.2, 0.25) is 5.88 Å². The van der Waals surface area contributed by atoms with Crippen LogP contribution < -0.4 is 9.46 Å². The first-order valence-electron chi connectivity index (χ1n) is 8.14. The smallest absolute Gasteiger partial charge is 0.268 e. The van der Waals surface area contributed by atoms with Crippen molar-refractivity contribution in [3.63, 3.8) is 0 Å². The third-order valence-electron chi connectivity index (χ3n) is 3.97. The average molecular weight is 470 g/mol. The maximum absolute atomic E-state index is 12.6. The van der Waals surface area contributed by atoms with E-state index in [1.54, 1.807) is 30.5 Å². The third kappa shape index (κ3) is 4.06. The molecule has 3 aromatic rings. The summed E-state index contributed by atoms with van der Waals surface area (Å²) in [6.45, 7) is 0. The Balaban J connectivity index is 1.59. The summed E-state index contributed by atoms with van der Waals surface area (Å²) in [6.07, 6.45) is 2.93. The Hall–Kier alpha value is -2.27. The number of nitrogens with one attached hydrogen (secondary N) is 2. The van der Waals surface area contributed by atoms with E-state index >= 15 is 0 Å². The molecule has 29 heavy (non-hydrogen) atoms. The number of anilines is 1. The van der Waals surface area contributed by atoms with Gasteiger partial charge >= 0.3 is 0 Å². The molecule has 12 heteroatoms. The minimum Gasteiger partial charge on any atom is -0.480 e. The molecule has 0 amide bonds. The number of halogens is 2. The van der Waals surface area contributed by atoms with Crippen LogP contribution >= 0.6 is 35.0 Å². The fourth-order valence-corrected chi connectivity index (χ4v) is 5.54. The van der Waals surface area contributed by atoms with E-state index in [1.807, 2.05) is 0 Å². The summed E-state index contributed by atoms with van der Waals surface area (Å²) >= 11 is 13.0. The Morgan fingerprint density at radius 2 is 1.97 bits per heavy atom. The summed E-state index contributed by atoms with van der Waals surface area (Å²) in [5.41, 5.74) is 1.62. The largest absolute Gasteiger partial charge is 0.480 e. The molecule has 0 saturated heterocycles. The monoisotopic (exact) mass is 469 g/mol. The fraction of sp³-hybridized carbons (Fsp3) is 0.118. The minimum absolute atomic E-state index is 0.105. The first-order valence-corrected chi connectivity index (χ1v) is 11.4. The number of methoxy groups -OCH3 is 1. The molecule has 2 aromatic heterocycles. The summed E-state index contributed by atoms with van der Waals surface area (Å²) in [7, 11) is -2.25. The number of H-pyrrole nitrogens is 1. The van der Waals surface area contributed by atoms with Crippen LogP contribution in [-0.2, 0) is 10.0 Å². The van der Waals surface area contributed by atoms with Crippen LogP contribution in [0.1, 0.15) is 0 Å². The molecule has 1 aliphatic heterocycles. The van der Waals surface area contributed by atoms with Crippen LogP contribution in [-0.4, -0.2) is 41.4 Å². The van der Waals surface area contributed by atoms with Crippen molar-refractivity contribution in [2.45, 2.75) is 0 Å². The average Bonchev–Trinajstić information content (AvgIpc) is 3.18. The summed E-state index contributed by atoms with van der Waals surface area (Å²) in [5, 5.41) is 8.04. The lowest BCUT2D eigenvalue weighted by atomic mass is 10.2. The molecule has 4 rings (SSSR count). The maximum Gasteiger partial charge on any atom is 0.268 e. The van der Waals surface area contributed by atoms with E-state index in [-0.39, 0.29) is 9.27 Å². The number of hydrogen-bond acceptors (Lipinski definition) is 7. The molecule has 0 unspecified atom stereocenters. The number of fused-ring (bicyclic) bond motifs is 1. The number of allylic oxidation sites excluding steroid dienone is 2. The molecule has 8 nitrogen and oxygen atoms in total. The molecule has 0 bridgehead atoms. The molecule has 2 N–H and O–H groups in total. The molecular formula is C17H13Cl2N5O3S2. The quantitative estimate of drug-likeness (QED) is 0.579. The van der Waals surface area contributed by atoms with E-state index < -0.39 is 10.0 Å². The number of hydrogen-bond donors (Lipinski definition) is 2. The molecule has 0 aliphatic carbocycles. The molecule has 150 valence electrons. The van der Waals surface area contributed by atoms with E-state index in [0.29, 0.717) is 44.8 Å². The number of aromatic amines is 1. The van der Waals surface area contributed by atoms with E-state index in [9.17, 15) is 8.42 Å². The van der Waals surface area contributed by atoms with Crippen molar-refractivity contribution in [3.8, 4) is 17.3 Å². The minimum atomic E-state index is -3.77. The van der Waals surface area contributed by atoms with Gasteiger partial charge in [-0.3, -0.25) is 9.82 Å². The van der Waals surface area contributed by atoms with Gasteiger partial charge in [0.25, 0.3) is 10.0 Å². The van der Waals surface area contributed by atoms with Gasteiger partial charge in [0.05, 0.1) is 18.3 Å². The van der Waals surface area contributed by atoms with Gasteiger partial charge in [0.15, 0.2) is 11.5 Å². The lowest BCUT2D eigenvalue weighted by Gasteiger charge is -2.15. The summed E-state index contributed by atoms with van der Waals surface area (Å²) < 4.78 is 33.1. The number of sulfonamides is 1. The molecule has 0 spiro atoms. The van der Waals surface area contributed by atoms with Crippen molar-refractivity contribution in [2.24, 2.45) is 0 Å². The third-order valence-corrected chi connectivity index (χ3v) is 7.90. The number of ether oxygens (including phenoxy) is 1. The van der Waals surface area contributed by atoms with E-state index in [4.69, 9.17) is 27.9 Å². The first-order chi connectivity index (χ1) is 13.9. The second kappa shape index (κ2) is 7.86. The number of rotatable bonds is 5. The molecule has 1 aliphatic rings. The maximum atomic E-state index is 12.6. The Morgan fingerprint density at radius 1 is 1.21 bits per heavy atom. The summed E-state index contributed by atoms with van der Waals surface area (Å²) in [6, 6.07) is 6.67. The van der Waals surface area contributed by atoms with Gasteiger partial charge in [-0.1, -0.05) is 23.2 Å². The van der Waals surface area contributed by atoms with Crippen LogP contribution in [0.2, 0.25) is 0 Å². The predicted octanol–water partition coefficient (Wildman–Crippen LogP) is 4.05. The SMILES string of the molecule is COc1nc(-c2ccc(NS(=O)(=O)C3=CC(Cl)=C(Cl)CS3)cc2)nc2[nH]ncc12. The van der Waals surface area contributed by atoms with E-state index in [1.165, 1.54) is 13.2 Å². The molecule has 0 radical (unpaired) electrons. The second-order valence-electron chi connectivity index (χ2n) is 5.88. The van der Waals surface area contributed by atoms with Crippen LogP contribution in [0.4, 0.5) is 5.69 Å². The van der Waals surface area contributed by atoms with Crippen LogP contribution in [0, 0.1) is 0 Å². The number of aromatic nitrogens is 4. The number of benzene rings is 1. The van der Waals surface area contributed by atoms with E-state index in [0.717, 1.165) is 11.8 Å². The number of nitrogens with zero attached hydrogens (tertiary/aromatic N) is 3. The van der Waals surface area contributed by atoms with Gasteiger partial charge < -0.3 is 4.74 Å². The van der Waals surface area contributed by atoms with Gasteiger partial charge in [-0.25, -0.2) is 13.4 Å². The Kier molecular flexibility index (Phi) is 5.43. The van der Waals surface area contributed by atoms with Gasteiger partial charge in [0, 0.05) is 22.0 Å². The van der Waals surface area contributed by atoms with Crippen LogP contribution in [0.15, 0.2) is 50.8 Å². The zero-order valence-electron chi connectivity index (χ0n) is 14.8. The lowest BCUT2D eigenvalue weighted by Crippen LogP contribution is -2.15. The second-order valence-corrected chi connectivity index (χ2v) is 9.67.